The van der Waals surface area contributed by atoms with Gasteiger partial charge in [-0.15, -0.1) is 5.10 Å². The van der Waals surface area contributed by atoms with Crippen molar-refractivity contribution in [2.45, 2.75) is 57.0 Å². The van der Waals surface area contributed by atoms with Crippen LogP contribution in [0.15, 0.2) is 58.6 Å². The lowest BCUT2D eigenvalue weighted by molar-refractivity contribution is -0.0251. The molecule has 1 aromatic carbocycles. The van der Waals surface area contributed by atoms with E-state index in [1.165, 1.54) is 22.3 Å². The molecule has 2 saturated heterocycles. The third-order valence-corrected chi connectivity index (χ3v) is 6.68. The Kier molecular flexibility index (Phi) is 6.24. The first-order chi connectivity index (χ1) is 16.1. The normalized spacial score (nSPS) is 23.3. The van der Waals surface area contributed by atoms with E-state index in [1.54, 1.807) is 30.5 Å². The molecule has 5 rings (SSSR count). The molecule has 2 atom stereocenters. The van der Waals surface area contributed by atoms with Gasteiger partial charge in [0.2, 0.25) is 0 Å². The molecule has 174 valence electrons. The van der Waals surface area contributed by atoms with Crippen LogP contribution >= 0.6 is 0 Å². The summed E-state index contributed by atoms with van der Waals surface area (Å²) in [6, 6.07) is 13.0. The minimum atomic E-state index is -0.222. The largest absolute Gasteiger partial charge is 0.399 e. The van der Waals surface area contributed by atoms with Crippen LogP contribution in [0.5, 0.6) is 0 Å². The van der Waals surface area contributed by atoms with Gasteiger partial charge in [0.25, 0.3) is 0 Å². The van der Waals surface area contributed by atoms with E-state index in [9.17, 15) is 9.18 Å². The molecule has 2 aromatic heterocycles. The Hall–Kier alpha value is -3.04. The lowest BCUT2D eigenvalue weighted by Gasteiger charge is -2.38. The number of rotatable bonds is 8. The van der Waals surface area contributed by atoms with Gasteiger partial charge >= 0.3 is 5.69 Å². The molecule has 2 fully saturated rings. The van der Waals surface area contributed by atoms with Crippen molar-refractivity contribution in [1.29, 1.82) is 0 Å². The van der Waals surface area contributed by atoms with E-state index in [0.717, 1.165) is 31.4 Å². The highest BCUT2D eigenvalue weighted by Crippen LogP contribution is 2.37. The molecule has 0 amide bonds. The first-order valence-corrected chi connectivity index (χ1v) is 11.4. The number of piperidine rings is 1. The summed E-state index contributed by atoms with van der Waals surface area (Å²) >= 11 is 0. The number of nitrogens with zero attached hydrogens (tertiary/aromatic N) is 5. The number of fused-ring (bicyclic) bond motifs is 3. The Morgan fingerprint density at radius 1 is 1.12 bits per heavy atom. The summed E-state index contributed by atoms with van der Waals surface area (Å²) in [5.41, 5.74) is 1.76. The van der Waals surface area contributed by atoms with Crippen molar-refractivity contribution in [2.75, 3.05) is 13.7 Å². The van der Waals surface area contributed by atoms with Crippen LogP contribution in [0.3, 0.4) is 0 Å². The Morgan fingerprint density at radius 2 is 1.88 bits per heavy atom. The van der Waals surface area contributed by atoms with Gasteiger partial charge in [-0.05, 0) is 43.9 Å². The fourth-order valence-corrected chi connectivity index (χ4v) is 5.13. The predicted molar refractivity (Wildman–Crippen MR) is 122 cm³/mol. The zero-order valence-corrected chi connectivity index (χ0v) is 18.6. The molecule has 4 heterocycles. The molecule has 2 aliphatic heterocycles. The maximum absolute atomic E-state index is 13.9. The molecule has 0 aliphatic carbocycles. The van der Waals surface area contributed by atoms with E-state index in [0.29, 0.717) is 36.4 Å². The molecule has 9 heteroatoms. The van der Waals surface area contributed by atoms with E-state index in [-0.39, 0.29) is 24.2 Å². The van der Waals surface area contributed by atoms with Crippen molar-refractivity contribution < 1.29 is 14.0 Å². The number of hydrogen-bond acceptors (Lipinski definition) is 6. The van der Waals surface area contributed by atoms with Gasteiger partial charge in [-0.2, -0.15) is 0 Å². The van der Waals surface area contributed by atoms with Crippen LogP contribution in [0.2, 0.25) is 0 Å². The summed E-state index contributed by atoms with van der Waals surface area (Å²) in [4.78, 5) is 20.2. The van der Waals surface area contributed by atoms with Gasteiger partial charge in [0.1, 0.15) is 12.9 Å². The minimum Gasteiger partial charge on any atom is -0.399 e. The second-order valence-electron chi connectivity index (χ2n) is 8.76. The average molecular weight is 454 g/mol. The van der Waals surface area contributed by atoms with Crippen LogP contribution in [-0.4, -0.2) is 56.6 Å². The topological polar surface area (TPSA) is 73.4 Å². The van der Waals surface area contributed by atoms with Crippen molar-refractivity contribution in [3.63, 3.8) is 0 Å². The maximum atomic E-state index is 13.9. The maximum Gasteiger partial charge on any atom is 0.350 e. The molecule has 3 aromatic rings. The summed E-state index contributed by atoms with van der Waals surface area (Å²) in [6.45, 7) is 1.19. The number of ether oxygens (including phenoxy) is 1. The molecule has 0 saturated carbocycles. The molecule has 0 spiro atoms. The second-order valence-corrected chi connectivity index (χ2v) is 8.76. The summed E-state index contributed by atoms with van der Waals surface area (Å²) in [6.07, 6.45) is 5.82. The Balaban J connectivity index is 1.24. The zero-order valence-electron chi connectivity index (χ0n) is 18.6. The van der Waals surface area contributed by atoms with Crippen molar-refractivity contribution in [3.8, 4) is 0 Å². The Morgan fingerprint density at radius 3 is 2.61 bits per heavy atom. The number of pyridine rings is 1. The fourth-order valence-electron chi connectivity index (χ4n) is 5.13. The third kappa shape index (κ3) is 4.56. The van der Waals surface area contributed by atoms with Crippen molar-refractivity contribution in [3.05, 3.63) is 70.5 Å². The monoisotopic (exact) mass is 453 g/mol. The van der Waals surface area contributed by atoms with Crippen molar-refractivity contribution in [2.24, 2.45) is 5.16 Å². The van der Waals surface area contributed by atoms with Gasteiger partial charge in [-0.3, -0.25) is 9.30 Å². The molecule has 2 aliphatic rings. The van der Waals surface area contributed by atoms with E-state index in [1.807, 2.05) is 12.1 Å². The first-order valence-electron chi connectivity index (χ1n) is 11.4. The highest BCUT2D eigenvalue weighted by Gasteiger charge is 2.41. The van der Waals surface area contributed by atoms with Crippen LogP contribution in [0, 0.1) is 5.82 Å². The average Bonchev–Trinajstić information content (AvgIpc) is 3.24. The lowest BCUT2D eigenvalue weighted by atomic mass is 9.99. The SMILES string of the molecule is CO/N=C(\CN1C2CCC1CC(OCc1ccccc1F)C2)Cn1nc2ccccn2c1=O. The van der Waals surface area contributed by atoms with Crippen LogP contribution in [0.25, 0.3) is 5.65 Å². The standard InChI is InChI=1S/C24H28FN5O3/c1-32-27-18(15-30-24(31)28-11-5-4-8-23(28)26-30)14-29-19-9-10-20(29)13-21(12-19)33-16-17-6-2-3-7-22(17)25/h2-8,11,19-21H,9-10,12-16H2,1H3/b27-18+. The van der Waals surface area contributed by atoms with Crippen LogP contribution in [0.4, 0.5) is 4.39 Å². The summed E-state index contributed by atoms with van der Waals surface area (Å²) in [7, 11) is 1.52. The van der Waals surface area contributed by atoms with E-state index in [2.05, 4.69) is 15.2 Å². The molecular formula is C24H28FN5O3. The smallest absolute Gasteiger partial charge is 0.350 e. The lowest BCUT2D eigenvalue weighted by Crippen LogP contribution is -2.48. The van der Waals surface area contributed by atoms with Gasteiger partial charge in [0.05, 0.1) is 25.0 Å². The highest BCUT2D eigenvalue weighted by molar-refractivity contribution is 5.85. The van der Waals surface area contributed by atoms with Crippen LogP contribution < -0.4 is 5.69 Å². The molecule has 33 heavy (non-hydrogen) atoms. The van der Waals surface area contributed by atoms with Gasteiger partial charge in [0, 0.05) is 30.4 Å². The first kappa shape index (κ1) is 21.8. The van der Waals surface area contributed by atoms with E-state index < -0.39 is 0 Å². The number of oxime groups is 1. The van der Waals surface area contributed by atoms with Gasteiger partial charge < -0.3 is 9.57 Å². The number of halogens is 1. The molecule has 8 nitrogen and oxygen atoms in total. The third-order valence-electron chi connectivity index (χ3n) is 6.68. The highest BCUT2D eigenvalue weighted by atomic mass is 19.1. The summed E-state index contributed by atoms with van der Waals surface area (Å²) < 4.78 is 23.0. The number of hydrogen-bond donors (Lipinski definition) is 0. The summed E-state index contributed by atoms with van der Waals surface area (Å²) in [5.74, 6) is -0.222. The van der Waals surface area contributed by atoms with Crippen LogP contribution in [-0.2, 0) is 22.7 Å². The molecule has 0 radical (unpaired) electrons. The zero-order chi connectivity index (χ0) is 22.8. The van der Waals surface area contributed by atoms with Crippen molar-refractivity contribution in [1.82, 2.24) is 19.1 Å². The predicted octanol–water partition coefficient (Wildman–Crippen LogP) is 2.85. The number of aromatic nitrogens is 3. The van der Waals surface area contributed by atoms with Gasteiger partial charge in [-0.1, -0.05) is 29.4 Å². The van der Waals surface area contributed by atoms with E-state index in [4.69, 9.17) is 9.57 Å². The summed E-state index contributed by atoms with van der Waals surface area (Å²) in [5, 5.41) is 8.63. The molecule has 2 bridgehead atoms. The Labute approximate surface area is 191 Å². The van der Waals surface area contributed by atoms with E-state index >= 15 is 0 Å². The minimum absolute atomic E-state index is 0.113. The van der Waals surface area contributed by atoms with Crippen molar-refractivity contribution >= 4 is 11.4 Å². The molecule has 0 N–H and O–H groups in total. The number of benzene rings is 1. The quantitative estimate of drug-likeness (QED) is 0.387. The fraction of sp³-hybridized carbons (Fsp3) is 0.458. The molecular weight excluding hydrogens is 425 g/mol. The molecule has 2 unspecified atom stereocenters. The van der Waals surface area contributed by atoms with Crippen LogP contribution in [0.1, 0.15) is 31.2 Å². The Bertz CT molecular complexity index is 1190. The second kappa shape index (κ2) is 9.44. The van der Waals surface area contributed by atoms with Gasteiger partial charge in [0.15, 0.2) is 5.65 Å². The van der Waals surface area contributed by atoms with Gasteiger partial charge in [-0.25, -0.2) is 13.9 Å².